The standard InChI is InChI=1S/C19H18N4O2S/c1-12-11-15-5-3-4-6-16(15)23(12)18(24)13(2)26-19-22-21-17(25-19)14-7-9-20-10-8-14/h3-10,12-13H,11H2,1-2H3. The molecule has 0 spiro atoms. The van der Waals surface area contributed by atoms with Crippen LogP contribution in [0.15, 0.2) is 58.4 Å². The summed E-state index contributed by atoms with van der Waals surface area (Å²) in [6, 6.07) is 11.8. The largest absolute Gasteiger partial charge is 0.411 e. The van der Waals surface area contributed by atoms with Crippen LogP contribution in [-0.2, 0) is 11.2 Å². The van der Waals surface area contributed by atoms with Gasteiger partial charge in [-0.1, -0.05) is 30.0 Å². The van der Waals surface area contributed by atoms with Crippen molar-refractivity contribution in [3.05, 3.63) is 54.4 Å². The molecule has 26 heavy (non-hydrogen) atoms. The number of amides is 1. The molecule has 6 nitrogen and oxygen atoms in total. The number of rotatable bonds is 4. The molecule has 0 bridgehead atoms. The van der Waals surface area contributed by atoms with Crippen LogP contribution < -0.4 is 4.90 Å². The van der Waals surface area contributed by atoms with Crippen LogP contribution in [0, 0.1) is 0 Å². The third-order valence-corrected chi connectivity index (χ3v) is 5.33. The molecular formula is C19H18N4O2S. The predicted molar refractivity (Wildman–Crippen MR) is 99.9 cm³/mol. The SMILES string of the molecule is CC(Sc1nnc(-c2ccncc2)o1)C(=O)N1c2ccccc2CC1C. The summed E-state index contributed by atoms with van der Waals surface area (Å²) in [6.45, 7) is 3.94. The van der Waals surface area contributed by atoms with Crippen molar-refractivity contribution < 1.29 is 9.21 Å². The number of nitrogens with zero attached hydrogens (tertiary/aromatic N) is 4. The molecule has 132 valence electrons. The lowest BCUT2D eigenvalue weighted by Crippen LogP contribution is -2.40. The van der Waals surface area contributed by atoms with Crippen LogP contribution in [0.2, 0.25) is 0 Å². The van der Waals surface area contributed by atoms with Gasteiger partial charge in [0.05, 0.1) is 5.25 Å². The van der Waals surface area contributed by atoms with E-state index in [4.69, 9.17) is 4.42 Å². The highest BCUT2D eigenvalue weighted by atomic mass is 32.2. The first kappa shape index (κ1) is 16.8. The van der Waals surface area contributed by atoms with Gasteiger partial charge in [0, 0.05) is 29.7 Å². The number of pyridine rings is 1. The molecule has 0 radical (unpaired) electrons. The van der Waals surface area contributed by atoms with Gasteiger partial charge in [0.1, 0.15) is 0 Å². The average molecular weight is 366 g/mol. The molecule has 2 atom stereocenters. The first-order chi connectivity index (χ1) is 12.6. The maximum absolute atomic E-state index is 13.0. The van der Waals surface area contributed by atoms with E-state index in [0.29, 0.717) is 11.1 Å². The van der Waals surface area contributed by atoms with E-state index in [-0.39, 0.29) is 17.2 Å². The molecule has 2 aromatic heterocycles. The molecule has 0 fully saturated rings. The second-order valence-corrected chi connectivity index (χ2v) is 7.55. The van der Waals surface area contributed by atoms with E-state index in [9.17, 15) is 4.79 Å². The van der Waals surface area contributed by atoms with Crippen molar-refractivity contribution in [1.82, 2.24) is 15.2 Å². The molecule has 1 amide bonds. The van der Waals surface area contributed by atoms with Crippen LogP contribution >= 0.6 is 11.8 Å². The first-order valence-corrected chi connectivity index (χ1v) is 9.33. The second kappa shape index (κ2) is 6.92. The smallest absolute Gasteiger partial charge is 0.277 e. The highest BCUT2D eigenvalue weighted by Gasteiger charge is 2.34. The number of fused-ring (bicyclic) bond motifs is 1. The third kappa shape index (κ3) is 3.10. The number of hydrogen-bond acceptors (Lipinski definition) is 6. The molecule has 3 aromatic rings. The van der Waals surface area contributed by atoms with Gasteiger partial charge in [-0.15, -0.1) is 10.2 Å². The highest BCUT2D eigenvalue weighted by Crippen LogP contribution is 2.35. The van der Waals surface area contributed by atoms with Crippen LogP contribution in [-0.4, -0.2) is 32.4 Å². The predicted octanol–water partition coefficient (Wildman–Crippen LogP) is 3.59. The zero-order valence-electron chi connectivity index (χ0n) is 14.5. The van der Waals surface area contributed by atoms with Gasteiger partial charge in [0.25, 0.3) is 5.22 Å². The molecule has 3 heterocycles. The molecule has 1 aliphatic rings. The molecule has 1 aliphatic heterocycles. The molecule has 0 saturated carbocycles. The Morgan fingerprint density at radius 2 is 2.00 bits per heavy atom. The lowest BCUT2D eigenvalue weighted by atomic mass is 10.1. The molecule has 0 N–H and O–H groups in total. The van der Waals surface area contributed by atoms with Crippen LogP contribution in [0.3, 0.4) is 0 Å². The lowest BCUT2D eigenvalue weighted by Gasteiger charge is -2.25. The van der Waals surface area contributed by atoms with Crippen molar-refractivity contribution in [2.45, 2.75) is 36.8 Å². The van der Waals surface area contributed by atoms with Crippen LogP contribution in [0.4, 0.5) is 5.69 Å². The number of carbonyl (C=O) groups is 1. The van der Waals surface area contributed by atoms with Crippen molar-refractivity contribution in [3.63, 3.8) is 0 Å². The number of benzene rings is 1. The maximum atomic E-state index is 13.0. The number of hydrogen-bond donors (Lipinski definition) is 0. The van der Waals surface area contributed by atoms with Gasteiger partial charge < -0.3 is 9.32 Å². The van der Waals surface area contributed by atoms with Crippen molar-refractivity contribution >= 4 is 23.4 Å². The summed E-state index contributed by atoms with van der Waals surface area (Å²) in [4.78, 5) is 18.9. The monoisotopic (exact) mass is 366 g/mol. The highest BCUT2D eigenvalue weighted by molar-refractivity contribution is 8.00. The number of aromatic nitrogens is 3. The summed E-state index contributed by atoms with van der Waals surface area (Å²) >= 11 is 1.28. The van der Waals surface area contributed by atoms with Crippen molar-refractivity contribution in [1.29, 1.82) is 0 Å². The Kier molecular flexibility index (Phi) is 4.46. The summed E-state index contributed by atoms with van der Waals surface area (Å²) < 4.78 is 5.69. The fourth-order valence-corrected chi connectivity index (χ4v) is 3.90. The Labute approximate surface area is 155 Å². The third-order valence-electron chi connectivity index (χ3n) is 4.40. The maximum Gasteiger partial charge on any atom is 0.277 e. The van der Waals surface area contributed by atoms with E-state index in [0.717, 1.165) is 17.7 Å². The number of anilines is 1. The molecule has 2 unspecified atom stereocenters. The lowest BCUT2D eigenvalue weighted by molar-refractivity contribution is -0.118. The summed E-state index contributed by atoms with van der Waals surface area (Å²) in [6.07, 6.45) is 4.22. The summed E-state index contributed by atoms with van der Waals surface area (Å²) in [5.41, 5.74) is 3.02. The fourth-order valence-electron chi connectivity index (χ4n) is 3.17. The van der Waals surface area contributed by atoms with E-state index in [1.807, 2.05) is 30.0 Å². The Balaban J connectivity index is 1.50. The van der Waals surface area contributed by atoms with Gasteiger partial charge in [-0.3, -0.25) is 9.78 Å². The Hall–Kier alpha value is -2.67. The zero-order valence-corrected chi connectivity index (χ0v) is 15.3. The molecule has 0 saturated heterocycles. The zero-order chi connectivity index (χ0) is 18.1. The Morgan fingerprint density at radius 1 is 1.23 bits per heavy atom. The van der Waals surface area contributed by atoms with E-state index >= 15 is 0 Å². The minimum absolute atomic E-state index is 0.0520. The van der Waals surface area contributed by atoms with Crippen LogP contribution in [0.5, 0.6) is 0 Å². The fraction of sp³-hybridized carbons (Fsp3) is 0.263. The minimum Gasteiger partial charge on any atom is -0.411 e. The molecule has 1 aromatic carbocycles. The van der Waals surface area contributed by atoms with Crippen molar-refractivity contribution in [2.24, 2.45) is 0 Å². The minimum atomic E-state index is -0.325. The normalized spacial score (nSPS) is 17.2. The number of carbonyl (C=O) groups excluding carboxylic acids is 1. The van der Waals surface area contributed by atoms with Crippen molar-refractivity contribution in [3.8, 4) is 11.5 Å². The van der Waals surface area contributed by atoms with Crippen molar-refractivity contribution in [2.75, 3.05) is 4.90 Å². The van der Waals surface area contributed by atoms with Gasteiger partial charge in [-0.2, -0.15) is 0 Å². The van der Waals surface area contributed by atoms with Gasteiger partial charge in [0.2, 0.25) is 11.8 Å². The van der Waals surface area contributed by atoms with Crippen LogP contribution in [0.25, 0.3) is 11.5 Å². The topological polar surface area (TPSA) is 72.1 Å². The number of thioether (sulfide) groups is 1. The van der Waals surface area contributed by atoms with Gasteiger partial charge in [-0.25, -0.2) is 0 Å². The van der Waals surface area contributed by atoms with E-state index in [2.05, 4.69) is 28.2 Å². The Bertz CT molecular complexity index is 928. The Morgan fingerprint density at radius 3 is 2.81 bits per heavy atom. The van der Waals surface area contributed by atoms with Gasteiger partial charge in [0.15, 0.2) is 0 Å². The summed E-state index contributed by atoms with van der Waals surface area (Å²) in [7, 11) is 0. The van der Waals surface area contributed by atoms with E-state index < -0.39 is 0 Å². The number of para-hydroxylation sites is 1. The van der Waals surface area contributed by atoms with Gasteiger partial charge in [-0.05, 0) is 44.0 Å². The summed E-state index contributed by atoms with van der Waals surface area (Å²) in [5.74, 6) is 0.477. The van der Waals surface area contributed by atoms with Gasteiger partial charge >= 0.3 is 0 Å². The van der Waals surface area contributed by atoms with Crippen LogP contribution in [0.1, 0.15) is 19.4 Å². The molecule has 4 rings (SSSR count). The molecule has 7 heteroatoms. The first-order valence-electron chi connectivity index (χ1n) is 8.45. The van der Waals surface area contributed by atoms with E-state index in [1.54, 1.807) is 24.5 Å². The molecular weight excluding hydrogens is 348 g/mol. The average Bonchev–Trinajstić information content (AvgIpc) is 3.25. The second-order valence-electron chi connectivity index (χ2n) is 6.26. The molecule has 0 aliphatic carbocycles. The quantitative estimate of drug-likeness (QED) is 0.657. The van der Waals surface area contributed by atoms with E-state index in [1.165, 1.54) is 17.3 Å². The summed E-state index contributed by atoms with van der Waals surface area (Å²) in [5, 5.41) is 8.18.